The molecule has 0 saturated heterocycles. The summed E-state index contributed by atoms with van der Waals surface area (Å²) in [6.45, 7) is 2.33. The van der Waals surface area contributed by atoms with E-state index < -0.39 is 0 Å². The van der Waals surface area contributed by atoms with Crippen molar-refractivity contribution in [2.45, 2.75) is 45.4 Å². The summed E-state index contributed by atoms with van der Waals surface area (Å²) in [5.41, 5.74) is 3.47. The highest BCUT2D eigenvalue weighted by molar-refractivity contribution is 5.23. The molecule has 66 valence electrons. The maximum atomic E-state index is 2.42. The van der Waals surface area contributed by atoms with Crippen LogP contribution in [0.4, 0.5) is 0 Å². The summed E-state index contributed by atoms with van der Waals surface area (Å²) in [7, 11) is 0. The highest BCUT2D eigenvalue weighted by Gasteiger charge is 2.18. The Morgan fingerprint density at radius 1 is 1.25 bits per heavy atom. The van der Waals surface area contributed by atoms with Gasteiger partial charge in [0.05, 0.1) is 0 Å². The number of hydrogen-bond acceptors (Lipinski definition) is 0. The molecule has 2 aliphatic carbocycles. The Labute approximate surface area is 75.4 Å². The first kappa shape index (κ1) is 8.10. The molecule has 0 heteroatoms. The van der Waals surface area contributed by atoms with Gasteiger partial charge in [-0.1, -0.05) is 23.3 Å². The molecular formula is C12H18. The maximum absolute atomic E-state index is 2.42. The smallest absolute Gasteiger partial charge is 0.00178 e. The van der Waals surface area contributed by atoms with Crippen molar-refractivity contribution < 1.29 is 0 Å². The van der Waals surface area contributed by atoms with E-state index in [0.717, 1.165) is 5.92 Å². The van der Waals surface area contributed by atoms with Gasteiger partial charge in [0.1, 0.15) is 0 Å². The molecule has 1 atom stereocenters. The Balaban J connectivity index is 2.14. The van der Waals surface area contributed by atoms with Crippen molar-refractivity contribution in [3.05, 3.63) is 23.3 Å². The summed E-state index contributed by atoms with van der Waals surface area (Å²) in [4.78, 5) is 0. The average molecular weight is 162 g/mol. The lowest BCUT2D eigenvalue weighted by Gasteiger charge is -2.21. The van der Waals surface area contributed by atoms with Crippen molar-refractivity contribution in [1.82, 2.24) is 0 Å². The molecule has 0 fully saturated rings. The summed E-state index contributed by atoms with van der Waals surface area (Å²) < 4.78 is 0. The zero-order chi connectivity index (χ0) is 8.39. The van der Waals surface area contributed by atoms with Crippen LogP contribution in [-0.2, 0) is 0 Å². The number of rotatable bonds is 1. The molecule has 2 rings (SSSR count). The summed E-state index contributed by atoms with van der Waals surface area (Å²) in [6.07, 6.45) is 13.0. The molecule has 0 aliphatic heterocycles. The molecule has 2 aliphatic rings. The third kappa shape index (κ3) is 1.48. The topological polar surface area (TPSA) is 0 Å². The van der Waals surface area contributed by atoms with Gasteiger partial charge in [-0.3, -0.25) is 0 Å². The highest BCUT2D eigenvalue weighted by atomic mass is 14.2. The predicted molar refractivity (Wildman–Crippen MR) is 53.0 cm³/mol. The van der Waals surface area contributed by atoms with Gasteiger partial charge in [-0.25, -0.2) is 0 Å². The summed E-state index contributed by atoms with van der Waals surface area (Å²) in [6, 6.07) is 0. The van der Waals surface area contributed by atoms with E-state index in [9.17, 15) is 0 Å². The Bertz CT molecular complexity index is 220. The van der Waals surface area contributed by atoms with Crippen LogP contribution in [0.3, 0.4) is 0 Å². The van der Waals surface area contributed by atoms with Gasteiger partial charge in [0.15, 0.2) is 0 Å². The van der Waals surface area contributed by atoms with Crippen molar-refractivity contribution in [2.75, 3.05) is 0 Å². The molecule has 0 aromatic carbocycles. The maximum Gasteiger partial charge on any atom is -0.00178 e. The third-order valence-electron chi connectivity index (χ3n) is 3.26. The fraction of sp³-hybridized carbons (Fsp3) is 0.667. The first-order chi connectivity index (χ1) is 5.88. The minimum Gasteiger partial charge on any atom is -0.0879 e. The minimum absolute atomic E-state index is 0.824. The van der Waals surface area contributed by atoms with Crippen LogP contribution < -0.4 is 0 Å². The van der Waals surface area contributed by atoms with Gasteiger partial charge >= 0.3 is 0 Å². The molecule has 12 heavy (non-hydrogen) atoms. The second-order valence-electron chi connectivity index (χ2n) is 4.12. The molecule has 0 aromatic heterocycles. The van der Waals surface area contributed by atoms with Gasteiger partial charge in [-0.05, 0) is 51.4 Å². The predicted octanol–water partition coefficient (Wildman–Crippen LogP) is 3.84. The van der Waals surface area contributed by atoms with Crippen molar-refractivity contribution in [1.29, 1.82) is 0 Å². The fourth-order valence-electron chi connectivity index (χ4n) is 2.50. The lowest BCUT2D eigenvalue weighted by molar-refractivity contribution is 0.593. The zero-order valence-corrected chi connectivity index (χ0v) is 7.97. The first-order valence-corrected chi connectivity index (χ1v) is 5.23. The standard InChI is InChI=1S/C12H18/c1-10-6-2-5-9-12(10)11-7-3-4-8-11/h3,7,11H,2,4-6,8-9H2,1H3/t11-/m1/s1. The van der Waals surface area contributed by atoms with E-state index in [1.54, 1.807) is 11.1 Å². The van der Waals surface area contributed by atoms with E-state index in [-0.39, 0.29) is 0 Å². The van der Waals surface area contributed by atoms with Crippen LogP contribution in [0.2, 0.25) is 0 Å². The Morgan fingerprint density at radius 3 is 2.75 bits per heavy atom. The van der Waals surface area contributed by atoms with Gasteiger partial charge in [-0.15, -0.1) is 0 Å². The quantitative estimate of drug-likeness (QED) is 0.514. The molecule has 0 N–H and O–H groups in total. The van der Waals surface area contributed by atoms with E-state index in [0.29, 0.717) is 0 Å². The van der Waals surface area contributed by atoms with Gasteiger partial charge in [0.25, 0.3) is 0 Å². The van der Waals surface area contributed by atoms with E-state index in [1.165, 1.54) is 38.5 Å². The van der Waals surface area contributed by atoms with Crippen LogP contribution in [0.15, 0.2) is 23.3 Å². The van der Waals surface area contributed by atoms with Crippen molar-refractivity contribution in [3.63, 3.8) is 0 Å². The summed E-state index contributed by atoms with van der Waals surface area (Å²) in [5, 5.41) is 0. The van der Waals surface area contributed by atoms with Crippen LogP contribution >= 0.6 is 0 Å². The van der Waals surface area contributed by atoms with Crippen LogP contribution in [0.5, 0.6) is 0 Å². The molecule has 0 amide bonds. The second-order valence-corrected chi connectivity index (χ2v) is 4.12. The van der Waals surface area contributed by atoms with E-state index in [4.69, 9.17) is 0 Å². The van der Waals surface area contributed by atoms with Gasteiger partial charge in [0.2, 0.25) is 0 Å². The molecule has 0 heterocycles. The monoisotopic (exact) mass is 162 g/mol. The SMILES string of the molecule is CC1=C([C@@H]2C=CCC2)CCCC1. The summed E-state index contributed by atoms with van der Waals surface area (Å²) in [5.74, 6) is 0.824. The Morgan fingerprint density at radius 2 is 2.08 bits per heavy atom. The van der Waals surface area contributed by atoms with Crippen molar-refractivity contribution >= 4 is 0 Å². The molecule has 0 unspecified atom stereocenters. The summed E-state index contributed by atoms with van der Waals surface area (Å²) >= 11 is 0. The van der Waals surface area contributed by atoms with E-state index in [2.05, 4.69) is 19.1 Å². The second kappa shape index (κ2) is 3.47. The van der Waals surface area contributed by atoms with Crippen LogP contribution in [-0.4, -0.2) is 0 Å². The number of hydrogen-bond donors (Lipinski definition) is 0. The third-order valence-corrected chi connectivity index (χ3v) is 3.26. The molecule has 0 radical (unpaired) electrons. The van der Waals surface area contributed by atoms with Crippen LogP contribution in [0.25, 0.3) is 0 Å². The van der Waals surface area contributed by atoms with E-state index >= 15 is 0 Å². The van der Waals surface area contributed by atoms with Crippen molar-refractivity contribution in [3.8, 4) is 0 Å². The molecule has 0 saturated carbocycles. The molecule has 0 spiro atoms. The Kier molecular flexibility index (Phi) is 2.34. The highest BCUT2D eigenvalue weighted by Crippen LogP contribution is 2.35. The molecular weight excluding hydrogens is 144 g/mol. The lowest BCUT2D eigenvalue weighted by atomic mass is 9.84. The lowest BCUT2D eigenvalue weighted by Crippen LogP contribution is -2.05. The minimum atomic E-state index is 0.824. The van der Waals surface area contributed by atoms with Gasteiger partial charge in [-0.2, -0.15) is 0 Å². The first-order valence-electron chi connectivity index (χ1n) is 5.23. The normalized spacial score (nSPS) is 29.9. The molecule has 0 nitrogen and oxygen atoms in total. The molecule has 0 aromatic rings. The molecule has 0 bridgehead atoms. The largest absolute Gasteiger partial charge is 0.0879 e. The Hall–Kier alpha value is -0.520. The average Bonchev–Trinajstić information content (AvgIpc) is 2.57. The van der Waals surface area contributed by atoms with Crippen LogP contribution in [0.1, 0.15) is 45.4 Å². The zero-order valence-electron chi connectivity index (χ0n) is 7.97. The van der Waals surface area contributed by atoms with Crippen LogP contribution in [0, 0.1) is 5.92 Å². The van der Waals surface area contributed by atoms with Gasteiger partial charge < -0.3 is 0 Å². The van der Waals surface area contributed by atoms with Gasteiger partial charge in [0, 0.05) is 0 Å². The number of allylic oxidation sites excluding steroid dienone is 4. The van der Waals surface area contributed by atoms with E-state index in [1.807, 2.05) is 0 Å². The van der Waals surface area contributed by atoms with Crippen molar-refractivity contribution in [2.24, 2.45) is 5.92 Å². The fourth-order valence-corrected chi connectivity index (χ4v) is 2.50.